The number of hydrogen-bond acceptors (Lipinski definition) is 17. The number of fused-ring (bicyclic) bond motifs is 2. The van der Waals surface area contributed by atoms with Crippen molar-refractivity contribution in [3.8, 4) is 40.4 Å². The Bertz CT molecular complexity index is 3010. The topological polar surface area (TPSA) is 289 Å². The highest BCUT2D eigenvalue weighted by molar-refractivity contribution is 6.28. The molecule has 2 aromatic heterocycles. The number of esters is 1. The van der Waals surface area contributed by atoms with Crippen molar-refractivity contribution in [1.82, 2.24) is 19.5 Å². The fourth-order valence-electron chi connectivity index (χ4n) is 9.44. The van der Waals surface area contributed by atoms with E-state index in [9.17, 15) is 44.9 Å². The van der Waals surface area contributed by atoms with Crippen LogP contribution >= 0.6 is 0 Å². The first kappa shape index (κ1) is 49.9. The number of ketones is 1. The van der Waals surface area contributed by atoms with Crippen molar-refractivity contribution < 1.29 is 68.2 Å². The summed E-state index contributed by atoms with van der Waals surface area (Å²) in [5, 5.41) is 60.8. The van der Waals surface area contributed by atoms with Gasteiger partial charge >= 0.3 is 23.6 Å². The van der Waals surface area contributed by atoms with Gasteiger partial charge in [0.2, 0.25) is 0 Å². The number of nitrogens with one attached hydrogen (secondary N) is 2. The molecule has 376 valence electrons. The number of methoxy groups -OCH3 is 1. The SMILES string of the molecule is CO[C@H]1C=CO[C@@]2(C)Oc3c(C)c(O)c4c(O)c(c5[nH]c(-c6ccc(OCC7Cn8cc([N+](=O)[O-])nc8O7)cc6)nc5c4c3C2=O)NC(=O)C(C)=CC=C[C@H](C)[C@H](O)[C@@H](C)[C@@H](O)[C@@H](C)[C@H](OC(C)=O)[C@@H]1C. The molecule has 1 amide bonds. The molecule has 21 nitrogen and oxygen atoms in total. The molecule has 0 fully saturated rings. The molecule has 3 aromatic carbocycles. The van der Waals surface area contributed by atoms with Crippen molar-refractivity contribution in [3.63, 3.8) is 0 Å². The molecule has 0 aliphatic carbocycles. The molecule has 5 heterocycles. The summed E-state index contributed by atoms with van der Waals surface area (Å²) in [7, 11) is 1.44. The predicted octanol–water partition coefficient (Wildman–Crippen LogP) is 6.54. The molecule has 6 N–H and O–H groups in total. The largest absolute Gasteiger partial charge is 0.507 e. The van der Waals surface area contributed by atoms with Crippen LogP contribution < -0.4 is 19.5 Å². The third-order valence-electron chi connectivity index (χ3n) is 13.6. The van der Waals surface area contributed by atoms with Crippen molar-refractivity contribution in [1.29, 1.82) is 0 Å². The summed E-state index contributed by atoms with van der Waals surface area (Å²) < 4.78 is 37.2. The fraction of sp³-hybridized carbons (Fsp3) is 0.420. The Morgan fingerprint density at radius 1 is 1.00 bits per heavy atom. The minimum atomic E-state index is -2.04. The molecule has 8 rings (SSSR count). The second-order valence-corrected chi connectivity index (χ2v) is 18.5. The first-order valence-corrected chi connectivity index (χ1v) is 23.0. The van der Waals surface area contributed by atoms with Gasteiger partial charge in [-0.25, -0.2) is 4.98 Å². The Kier molecular flexibility index (Phi) is 13.6. The van der Waals surface area contributed by atoms with E-state index < -0.39 is 94.1 Å². The number of nitrogens with zero attached hydrogens (tertiary/aromatic N) is 4. The van der Waals surface area contributed by atoms with E-state index in [1.54, 1.807) is 71.0 Å². The number of carbonyl (C=O) groups is 3. The van der Waals surface area contributed by atoms with Crippen molar-refractivity contribution >= 4 is 51.0 Å². The summed E-state index contributed by atoms with van der Waals surface area (Å²) >= 11 is 0. The molecule has 1 unspecified atom stereocenters. The number of rotatable bonds is 7. The van der Waals surface area contributed by atoms with Crippen LogP contribution in [-0.4, -0.2) is 113 Å². The van der Waals surface area contributed by atoms with E-state index in [2.05, 4.69) is 15.3 Å². The molecule has 3 aliphatic heterocycles. The van der Waals surface area contributed by atoms with E-state index >= 15 is 0 Å². The lowest BCUT2D eigenvalue weighted by Gasteiger charge is -2.38. The number of Topliss-reactive ketones (excluding diaryl/α,β-unsaturated/α-hetero) is 1. The second-order valence-electron chi connectivity index (χ2n) is 18.5. The average Bonchev–Trinajstić information content (AvgIpc) is 4.12. The number of benzene rings is 3. The quantitative estimate of drug-likeness (QED) is 0.0437. The Hall–Kier alpha value is -7.49. The van der Waals surface area contributed by atoms with Crippen LogP contribution in [0.5, 0.6) is 29.0 Å². The number of phenols is 2. The number of carbonyl (C=O) groups excluding carboxylic acids is 3. The lowest BCUT2D eigenvalue weighted by Crippen LogP contribution is -2.46. The Morgan fingerprint density at radius 2 is 1.72 bits per heavy atom. The number of aliphatic hydroxyl groups excluding tert-OH is 2. The average molecular weight is 981 g/mol. The Morgan fingerprint density at radius 3 is 2.38 bits per heavy atom. The van der Waals surface area contributed by atoms with Gasteiger partial charge in [-0.1, -0.05) is 45.9 Å². The maximum atomic E-state index is 14.8. The van der Waals surface area contributed by atoms with Crippen molar-refractivity contribution in [3.05, 3.63) is 87.8 Å². The molecule has 21 heteroatoms. The van der Waals surface area contributed by atoms with Crippen LogP contribution in [0.15, 0.2) is 66.6 Å². The van der Waals surface area contributed by atoms with Crippen LogP contribution in [0.4, 0.5) is 11.5 Å². The van der Waals surface area contributed by atoms with E-state index in [-0.39, 0.29) is 74.2 Å². The Labute approximate surface area is 406 Å². The lowest BCUT2D eigenvalue weighted by molar-refractivity contribution is -0.389. The number of ether oxygens (including phenoxy) is 6. The number of hydrogen-bond donors (Lipinski definition) is 6. The minimum absolute atomic E-state index is 0.00537. The van der Waals surface area contributed by atoms with E-state index in [0.29, 0.717) is 17.9 Å². The van der Waals surface area contributed by atoms with Crippen molar-refractivity contribution in [2.24, 2.45) is 23.7 Å². The highest BCUT2D eigenvalue weighted by atomic mass is 16.7. The van der Waals surface area contributed by atoms with Crippen molar-refractivity contribution in [2.45, 2.75) is 98.2 Å². The molecule has 10 atom stereocenters. The fourth-order valence-corrected chi connectivity index (χ4v) is 9.44. The zero-order valence-corrected chi connectivity index (χ0v) is 40.5. The van der Waals surface area contributed by atoms with Gasteiger partial charge in [0.15, 0.2) is 11.9 Å². The van der Waals surface area contributed by atoms with Gasteiger partial charge in [-0.15, -0.1) is 0 Å². The van der Waals surface area contributed by atoms with E-state index in [0.717, 1.165) is 0 Å². The second kappa shape index (κ2) is 19.4. The molecule has 4 bridgehead atoms. The van der Waals surface area contributed by atoms with Crippen LogP contribution in [0.1, 0.15) is 64.4 Å². The summed E-state index contributed by atoms with van der Waals surface area (Å²) in [5.74, 6) is -7.22. The van der Waals surface area contributed by atoms with Crippen LogP contribution in [0, 0.1) is 40.7 Å². The van der Waals surface area contributed by atoms with Crippen LogP contribution in [0.2, 0.25) is 0 Å². The molecule has 5 aromatic rings. The standard InChI is InChI=1S/C50H56N6O15/c1-22-11-10-12-23(2)48(63)54-39-38-37(52-47(53-38)29-13-15-30(16-14-29)67-21-31-19-55-20-33(56(64)65)51-49(55)70-31)34-35(43(39)61)42(60)27(6)45-36(34)46(62)50(8,71-45)68-18-17-32(66-9)24(3)44(69-28(7)57)26(5)41(59)25(4)40(22)58/h10-18,20,22,24-26,31-32,40-41,44,58-61H,19,21H2,1-9H3,(H,52,53)(H,54,63)/t22-,24+,25+,26+,31?,32-,40-,41+,44+,50-/m0/s1. The highest BCUT2D eigenvalue weighted by Gasteiger charge is 2.50. The van der Waals surface area contributed by atoms with Gasteiger partial charge in [0.25, 0.3) is 11.7 Å². The number of anilines is 1. The monoisotopic (exact) mass is 980 g/mol. The molecule has 3 aliphatic rings. The number of H-pyrrole nitrogens is 1. The number of imidazole rings is 2. The predicted molar refractivity (Wildman–Crippen MR) is 256 cm³/mol. The maximum Gasteiger partial charge on any atom is 0.414 e. The van der Waals surface area contributed by atoms with Crippen molar-refractivity contribution in [2.75, 3.05) is 19.0 Å². The highest BCUT2D eigenvalue weighted by Crippen LogP contribution is 2.54. The summed E-state index contributed by atoms with van der Waals surface area (Å²) in [6, 6.07) is 6.90. The zero-order chi connectivity index (χ0) is 51.4. The number of aromatic nitrogens is 4. The van der Waals surface area contributed by atoms with Gasteiger partial charge in [0.1, 0.15) is 53.2 Å². The van der Waals surface area contributed by atoms with Gasteiger partial charge in [0.05, 0.1) is 47.6 Å². The van der Waals surface area contributed by atoms with Crippen LogP contribution in [0.25, 0.3) is 33.2 Å². The number of allylic oxidation sites excluding steroid dienone is 2. The number of aromatic amines is 1. The molecular weight excluding hydrogens is 925 g/mol. The number of phenolic OH excluding ortho intramolecular Hbond substituents is 2. The maximum absolute atomic E-state index is 14.8. The third-order valence-corrected chi connectivity index (χ3v) is 13.6. The van der Waals surface area contributed by atoms with Gasteiger partial charge in [-0.05, 0) is 49.1 Å². The summed E-state index contributed by atoms with van der Waals surface area (Å²) in [6.07, 6.45) is 4.40. The number of amides is 1. The van der Waals surface area contributed by atoms with Gasteiger partial charge < -0.3 is 69.3 Å². The normalized spacial score (nSPS) is 27.0. The lowest BCUT2D eigenvalue weighted by atomic mass is 9.78. The van der Waals surface area contributed by atoms with Gasteiger partial charge in [0, 0.05) is 71.7 Å². The van der Waals surface area contributed by atoms with E-state index in [4.69, 9.17) is 33.4 Å². The molecule has 0 saturated heterocycles. The number of aromatic hydroxyl groups is 2. The summed E-state index contributed by atoms with van der Waals surface area (Å²) in [6.45, 7) is 13.0. The van der Waals surface area contributed by atoms with Gasteiger partial charge in [-0.3, -0.25) is 19.0 Å². The Balaban J connectivity index is 1.20. The number of nitro groups is 1. The molecule has 0 spiro atoms. The van der Waals surface area contributed by atoms with E-state index in [1.807, 2.05) is 0 Å². The van der Waals surface area contributed by atoms with Gasteiger partial charge in [-0.2, -0.15) is 0 Å². The zero-order valence-electron chi connectivity index (χ0n) is 40.5. The van der Waals surface area contributed by atoms with E-state index in [1.165, 1.54) is 57.1 Å². The minimum Gasteiger partial charge on any atom is -0.507 e. The molecular formula is C50H56N6O15. The number of aliphatic hydroxyl groups is 2. The van der Waals surface area contributed by atoms with Crippen LogP contribution in [0.3, 0.4) is 0 Å². The smallest absolute Gasteiger partial charge is 0.414 e. The van der Waals surface area contributed by atoms with Crippen LogP contribution in [-0.2, 0) is 30.3 Å². The first-order valence-electron chi connectivity index (χ1n) is 23.0. The summed E-state index contributed by atoms with van der Waals surface area (Å²) in [5.41, 5.74) is 0.748. The third kappa shape index (κ3) is 9.23. The molecule has 0 saturated carbocycles. The molecule has 71 heavy (non-hydrogen) atoms. The summed E-state index contributed by atoms with van der Waals surface area (Å²) in [4.78, 5) is 63.7. The molecule has 0 radical (unpaired) electrons. The first-order chi connectivity index (χ1) is 33.6.